The Morgan fingerprint density at radius 2 is 2.33 bits per heavy atom. The van der Waals surface area contributed by atoms with Gasteiger partial charge in [-0.2, -0.15) is 0 Å². The number of carbonyl (C=O) groups excluding carboxylic acids is 1. The third-order valence-electron chi connectivity index (χ3n) is 2.96. The Morgan fingerprint density at radius 3 is 2.80 bits per heavy atom. The van der Waals surface area contributed by atoms with E-state index in [2.05, 4.69) is 4.90 Å². The maximum Gasteiger partial charge on any atom is 0.323 e. The molecule has 0 aromatic heterocycles. The summed E-state index contributed by atoms with van der Waals surface area (Å²) < 4.78 is 5.03. The molecule has 1 N–H and O–H groups in total. The number of nitrogens with zero attached hydrogens (tertiary/aromatic N) is 1. The van der Waals surface area contributed by atoms with Crippen LogP contribution in [0, 0.1) is 5.92 Å². The van der Waals surface area contributed by atoms with Crippen LogP contribution in [0.15, 0.2) is 0 Å². The van der Waals surface area contributed by atoms with Gasteiger partial charge in [-0.05, 0) is 32.2 Å². The third kappa shape index (κ3) is 3.18. The Hall–Kier alpha value is -0.610. The van der Waals surface area contributed by atoms with Crippen LogP contribution in [0.25, 0.3) is 0 Å². The average molecular weight is 215 g/mol. The maximum absolute atomic E-state index is 11.6. The molecule has 1 heterocycles. The normalized spacial score (nSPS) is 24.1. The largest absolute Gasteiger partial charge is 0.465 e. The highest BCUT2D eigenvalue weighted by Gasteiger charge is 2.31. The van der Waals surface area contributed by atoms with Gasteiger partial charge < -0.3 is 9.84 Å². The average Bonchev–Trinajstić information content (AvgIpc) is 2.68. The highest BCUT2D eigenvalue weighted by Crippen LogP contribution is 2.20. The molecule has 1 rings (SSSR count). The number of rotatable bonds is 5. The lowest BCUT2D eigenvalue weighted by molar-refractivity contribution is -0.149. The second-order valence-corrected chi connectivity index (χ2v) is 4.01. The molecule has 1 aliphatic rings. The molecule has 0 bridgehead atoms. The number of ether oxygens (including phenoxy) is 1. The summed E-state index contributed by atoms with van der Waals surface area (Å²) in [6.07, 6.45) is 1.75. The number of carbonyl (C=O) groups is 1. The molecular weight excluding hydrogens is 194 g/mol. The summed E-state index contributed by atoms with van der Waals surface area (Å²) in [5.41, 5.74) is 0. The molecule has 0 spiro atoms. The van der Waals surface area contributed by atoms with E-state index in [1.54, 1.807) is 0 Å². The van der Waals surface area contributed by atoms with Gasteiger partial charge in [0.25, 0.3) is 0 Å². The van der Waals surface area contributed by atoms with Crippen molar-refractivity contribution in [3.8, 4) is 0 Å². The number of esters is 1. The predicted molar refractivity (Wildman–Crippen MR) is 57.5 cm³/mol. The van der Waals surface area contributed by atoms with Crippen molar-refractivity contribution >= 4 is 5.97 Å². The van der Waals surface area contributed by atoms with E-state index in [-0.39, 0.29) is 18.6 Å². The van der Waals surface area contributed by atoms with Crippen LogP contribution in [-0.2, 0) is 9.53 Å². The van der Waals surface area contributed by atoms with E-state index in [0.29, 0.717) is 12.5 Å². The quantitative estimate of drug-likeness (QED) is 0.684. The molecule has 2 atom stereocenters. The first-order chi connectivity index (χ1) is 7.22. The molecule has 0 radical (unpaired) electrons. The highest BCUT2D eigenvalue weighted by molar-refractivity contribution is 5.75. The fraction of sp³-hybridized carbons (Fsp3) is 0.909. The van der Waals surface area contributed by atoms with Gasteiger partial charge in [0.05, 0.1) is 6.61 Å². The summed E-state index contributed by atoms with van der Waals surface area (Å²) in [4.78, 5) is 13.8. The molecule has 0 aliphatic carbocycles. The van der Waals surface area contributed by atoms with Crippen molar-refractivity contribution in [3.63, 3.8) is 0 Å². The Kier molecular flexibility index (Phi) is 5.05. The third-order valence-corrected chi connectivity index (χ3v) is 2.96. The molecule has 2 unspecified atom stereocenters. The smallest absolute Gasteiger partial charge is 0.323 e. The van der Waals surface area contributed by atoms with E-state index in [4.69, 9.17) is 9.84 Å². The summed E-state index contributed by atoms with van der Waals surface area (Å²) in [5, 5.41) is 9.04. The predicted octanol–water partition coefficient (Wildman–Crippen LogP) is 0.642. The van der Waals surface area contributed by atoms with Gasteiger partial charge in [-0.3, -0.25) is 9.69 Å². The lowest BCUT2D eigenvalue weighted by Crippen LogP contribution is -2.40. The van der Waals surface area contributed by atoms with Gasteiger partial charge in [-0.15, -0.1) is 0 Å². The van der Waals surface area contributed by atoms with E-state index < -0.39 is 0 Å². The Bertz CT molecular complexity index is 208. The second-order valence-electron chi connectivity index (χ2n) is 4.01. The van der Waals surface area contributed by atoms with Crippen molar-refractivity contribution in [2.45, 2.75) is 32.7 Å². The molecule has 4 nitrogen and oxygen atoms in total. The molecule has 1 fully saturated rings. The van der Waals surface area contributed by atoms with Gasteiger partial charge >= 0.3 is 5.97 Å². The Balaban J connectivity index is 2.48. The van der Waals surface area contributed by atoms with Crippen LogP contribution < -0.4 is 0 Å². The first kappa shape index (κ1) is 12.5. The van der Waals surface area contributed by atoms with E-state index in [1.165, 1.54) is 0 Å². The van der Waals surface area contributed by atoms with Crippen molar-refractivity contribution in [2.75, 3.05) is 26.3 Å². The van der Waals surface area contributed by atoms with Crippen molar-refractivity contribution in [2.24, 2.45) is 5.92 Å². The molecule has 0 aromatic rings. The lowest BCUT2D eigenvalue weighted by Gasteiger charge is -2.24. The zero-order valence-electron chi connectivity index (χ0n) is 9.61. The summed E-state index contributed by atoms with van der Waals surface area (Å²) >= 11 is 0. The summed E-state index contributed by atoms with van der Waals surface area (Å²) in [7, 11) is 0. The van der Waals surface area contributed by atoms with Crippen LogP contribution in [0.5, 0.6) is 0 Å². The number of aliphatic hydroxyl groups is 1. The van der Waals surface area contributed by atoms with Crippen LogP contribution in [0.1, 0.15) is 26.7 Å². The van der Waals surface area contributed by atoms with E-state index in [9.17, 15) is 4.79 Å². The van der Waals surface area contributed by atoms with E-state index >= 15 is 0 Å². The zero-order valence-corrected chi connectivity index (χ0v) is 9.61. The minimum atomic E-state index is -0.126. The standard InChI is InChI=1S/C11H21NO3/c1-3-10(11(14)15-4-2)12-6-5-9(7-12)8-13/h9-10,13H,3-8H2,1-2H3. The van der Waals surface area contributed by atoms with Crippen molar-refractivity contribution in [1.82, 2.24) is 4.90 Å². The lowest BCUT2D eigenvalue weighted by atomic mass is 10.1. The monoisotopic (exact) mass is 215 g/mol. The fourth-order valence-corrected chi connectivity index (χ4v) is 2.11. The molecule has 1 aliphatic heterocycles. The molecular formula is C11H21NO3. The SMILES string of the molecule is CCOC(=O)C(CC)N1CCC(CO)C1. The number of hydrogen-bond donors (Lipinski definition) is 1. The van der Waals surface area contributed by atoms with Crippen molar-refractivity contribution in [3.05, 3.63) is 0 Å². The van der Waals surface area contributed by atoms with Crippen LogP contribution >= 0.6 is 0 Å². The van der Waals surface area contributed by atoms with Gasteiger partial charge in [0.1, 0.15) is 6.04 Å². The van der Waals surface area contributed by atoms with E-state index in [1.807, 2.05) is 13.8 Å². The van der Waals surface area contributed by atoms with Gasteiger partial charge in [-0.1, -0.05) is 6.92 Å². The number of aliphatic hydroxyl groups excluding tert-OH is 1. The van der Waals surface area contributed by atoms with Gasteiger partial charge in [0.2, 0.25) is 0 Å². The van der Waals surface area contributed by atoms with Crippen LogP contribution in [-0.4, -0.2) is 48.3 Å². The first-order valence-electron chi connectivity index (χ1n) is 5.74. The Labute approximate surface area is 91.2 Å². The van der Waals surface area contributed by atoms with Gasteiger partial charge in [-0.25, -0.2) is 0 Å². The summed E-state index contributed by atoms with van der Waals surface area (Å²) in [6, 6.07) is -0.124. The van der Waals surface area contributed by atoms with Gasteiger partial charge in [0.15, 0.2) is 0 Å². The van der Waals surface area contributed by atoms with Gasteiger partial charge in [0, 0.05) is 13.2 Å². The minimum absolute atomic E-state index is 0.124. The Morgan fingerprint density at radius 1 is 1.60 bits per heavy atom. The molecule has 0 saturated carbocycles. The van der Waals surface area contributed by atoms with Crippen LogP contribution in [0.2, 0.25) is 0 Å². The van der Waals surface area contributed by atoms with E-state index in [0.717, 1.165) is 25.9 Å². The molecule has 1 saturated heterocycles. The first-order valence-corrected chi connectivity index (χ1v) is 5.74. The summed E-state index contributed by atoms with van der Waals surface area (Å²) in [5.74, 6) is 0.201. The fourth-order valence-electron chi connectivity index (χ4n) is 2.11. The van der Waals surface area contributed by atoms with Crippen molar-refractivity contribution < 1.29 is 14.6 Å². The molecule has 0 amide bonds. The molecule has 15 heavy (non-hydrogen) atoms. The highest BCUT2D eigenvalue weighted by atomic mass is 16.5. The molecule has 0 aromatic carbocycles. The molecule has 88 valence electrons. The van der Waals surface area contributed by atoms with Crippen LogP contribution in [0.3, 0.4) is 0 Å². The topological polar surface area (TPSA) is 49.8 Å². The molecule has 4 heteroatoms. The van der Waals surface area contributed by atoms with Crippen LogP contribution in [0.4, 0.5) is 0 Å². The minimum Gasteiger partial charge on any atom is -0.465 e. The number of hydrogen-bond acceptors (Lipinski definition) is 4. The number of likely N-dealkylation sites (tertiary alicyclic amines) is 1. The summed E-state index contributed by atoms with van der Waals surface area (Å²) in [6.45, 7) is 6.18. The zero-order chi connectivity index (χ0) is 11.3. The second kappa shape index (κ2) is 6.08. The maximum atomic E-state index is 11.6. The van der Waals surface area contributed by atoms with Crippen molar-refractivity contribution in [1.29, 1.82) is 0 Å².